The molecule has 0 fully saturated rings. The number of furan rings is 1. The Labute approximate surface area is 121 Å². The van der Waals surface area contributed by atoms with Gasteiger partial charge in [0.25, 0.3) is 0 Å². The number of hydrogen-bond acceptors (Lipinski definition) is 5. The van der Waals surface area contributed by atoms with Crippen LogP contribution in [0.25, 0.3) is 0 Å². The van der Waals surface area contributed by atoms with E-state index < -0.39 is 0 Å². The summed E-state index contributed by atoms with van der Waals surface area (Å²) in [6.07, 6.45) is 3.20. The van der Waals surface area contributed by atoms with Gasteiger partial charge in [-0.3, -0.25) is 4.79 Å². The van der Waals surface area contributed by atoms with Crippen molar-refractivity contribution in [2.45, 2.75) is 6.42 Å². The molecule has 1 aromatic carbocycles. The Kier molecular flexibility index (Phi) is 3.86. The molecule has 108 valence electrons. The van der Waals surface area contributed by atoms with Gasteiger partial charge >= 0.3 is 0 Å². The zero-order valence-electron chi connectivity index (χ0n) is 11.2. The van der Waals surface area contributed by atoms with Gasteiger partial charge in [0.05, 0.1) is 18.9 Å². The standard InChI is InChI=1S/C15H14N2O4/c18-15(17-16-10-12-2-1-5-19-12)9-11-3-4-13-14(8-11)21-7-6-20-13/h1-5,8,10H,6-7,9H2,(H,17,18). The van der Waals surface area contributed by atoms with Crippen molar-refractivity contribution in [2.75, 3.05) is 13.2 Å². The average Bonchev–Trinajstić information content (AvgIpc) is 3.00. The molecule has 2 heterocycles. The summed E-state index contributed by atoms with van der Waals surface area (Å²) in [5, 5.41) is 3.82. The Morgan fingerprint density at radius 1 is 1.24 bits per heavy atom. The summed E-state index contributed by atoms with van der Waals surface area (Å²) in [5.74, 6) is 1.75. The monoisotopic (exact) mass is 286 g/mol. The van der Waals surface area contributed by atoms with Gasteiger partial charge in [-0.1, -0.05) is 6.07 Å². The number of rotatable bonds is 4. The second kappa shape index (κ2) is 6.13. The number of ether oxygens (including phenoxy) is 2. The molecule has 21 heavy (non-hydrogen) atoms. The average molecular weight is 286 g/mol. The quantitative estimate of drug-likeness (QED) is 0.686. The highest BCUT2D eigenvalue weighted by molar-refractivity contribution is 5.81. The molecule has 0 bridgehead atoms. The second-order valence-corrected chi connectivity index (χ2v) is 4.46. The Bertz CT molecular complexity index is 650. The van der Waals surface area contributed by atoms with E-state index in [1.807, 2.05) is 18.2 Å². The third-order valence-electron chi connectivity index (χ3n) is 2.90. The van der Waals surface area contributed by atoms with Gasteiger partial charge < -0.3 is 13.9 Å². The molecule has 0 spiro atoms. The molecule has 3 rings (SSSR count). The van der Waals surface area contributed by atoms with E-state index in [2.05, 4.69) is 10.5 Å². The first-order valence-electron chi connectivity index (χ1n) is 6.55. The lowest BCUT2D eigenvalue weighted by molar-refractivity contribution is -0.120. The van der Waals surface area contributed by atoms with E-state index in [0.717, 1.165) is 5.56 Å². The van der Waals surface area contributed by atoms with Gasteiger partial charge in [0, 0.05) is 0 Å². The van der Waals surface area contributed by atoms with E-state index in [0.29, 0.717) is 30.5 Å². The number of carbonyl (C=O) groups excluding carboxylic acids is 1. The number of nitrogens with zero attached hydrogens (tertiary/aromatic N) is 1. The Balaban J connectivity index is 1.57. The minimum Gasteiger partial charge on any atom is -0.486 e. The number of hydrazone groups is 1. The highest BCUT2D eigenvalue weighted by Crippen LogP contribution is 2.30. The fourth-order valence-electron chi connectivity index (χ4n) is 1.96. The van der Waals surface area contributed by atoms with Gasteiger partial charge in [-0.25, -0.2) is 5.43 Å². The molecule has 0 radical (unpaired) electrons. The third-order valence-corrected chi connectivity index (χ3v) is 2.90. The van der Waals surface area contributed by atoms with Crippen LogP contribution in [0.3, 0.4) is 0 Å². The minimum atomic E-state index is -0.213. The van der Waals surface area contributed by atoms with E-state index in [4.69, 9.17) is 13.9 Å². The van der Waals surface area contributed by atoms with Crippen LogP contribution in [0.2, 0.25) is 0 Å². The van der Waals surface area contributed by atoms with Crippen molar-refractivity contribution in [2.24, 2.45) is 5.10 Å². The number of carbonyl (C=O) groups is 1. The predicted molar refractivity (Wildman–Crippen MR) is 75.6 cm³/mol. The maximum atomic E-state index is 11.8. The molecule has 0 saturated carbocycles. The highest BCUT2D eigenvalue weighted by Gasteiger charge is 2.12. The molecule has 0 atom stereocenters. The molecule has 1 N–H and O–H groups in total. The molecule has 0 unspecified atom stereocenters. The lowest BCUT2D eigenvalue weighted by Crippen LogP contribution is -2.20. The Morgan fingerprint density at radius 3 is 2.90 bits per heavy atom. The first-order valence-corrected chi connectivity index (χ1v) is 6.55. The van der Waals surface area contributed by atoms with Crippen molar-refractivity contribution in [3.63, 3.8) is 0 Å². The van der Waals surface area contributed by atoms with Crippen molar-refractivity contribution >= 4 is 12.1 Å². The van der Waals surface area contributed by atoms with Crippen LogP contribution in [0.15, 0.2) is 46.1 Å². The summed E-state index contributed by atoms with van der Waals surface area (Å²) < 4.78 is 16.0. The van der Waals surface area contributed by atoms with Crippen molar-refractivity contribution in [1.82, 2.24) is 5.43 Å². The van der Waals surface area contributed by atoms with Crippen molar-refractivity contribution in [3.8, 4) is 11.5 Å². The topological polar surface area (TPSA) is 73.1 Å². The number of nitrogens with one attached hydrogen (secondary N) is 1. The summed E-state index contributed by atoms with van der Waals surface area (Å²) in [6.45, 7) is 1.07. The van der Waals surface area contributed by atoms with E-state index >= 15 is 0 Å². The van der Waals surface area contributed by atoms with Gasteiger partial charge in [-0.05, 0) is 29.8 Å². The van der Waals surface area contributed by atoms with E-state index in [-0.39, 0.29) is 12.3 Å². The zero-order valence-corrected chi connectivity index (χ0v) is 11.2. The molecular weight excluding hydrogens is 272 g/mol. The SMILES string of the molecule is O=C(Cc1ccc2c(c1)OCCO2)NN=Cc1ccco1. The fraction of sp³-hybridized carbons (Fsp3) is 0.200. The molecule has 2 aromatic rings. The molecule has 6 heteroatoms. The summed E-state index contributed by atoms with van der Waals surface area (Å²) in [5.41, 5.74) is 3.29. The van der Waals surface area contributed by atoms with E-state index in [9.17, 15) is 4.79 Å². The maximum Gasteiger partial charge on any atom is 0.244 e. The molecule has 6 nitrogen and oxygen atoms in total. The largest absolute Gasteiger partial charge is 0.486 e. The number of amides is 1. The number of fused-ring (bicyclic) bond motifs is 1. The maximum absolute atomic E-state index is 11.8. The molecule has 1 aliphatic heterocycles. The van der Waals surface area contributed by atoms with Gasteiger partial charge in [-0.2, -0.15) is 5.10 Å². The predicted octanol–water partition coefficient (Wildman–Crippen LogP) is 1.74. The Hall–Kier alpha value is -2.76. The summed E-state index contributed by atoms with van der Waals surface area (Å²) in [6, 6.07) is 8.95. The van der Waals surface area contributed by atoms with Gasteiger partial charge in [0.2, 0.25) is 5.91 Å². The van der Waals surface area contributed by atoms with E-state index in [1.54, 1.807) is 18.4 Å². The molecule has 0 aliphatic carbocycles. The summed E-state index contributed by atoms with van der Waals surface area (Å²) >= 11 is 0. The molecule has 0 saturated heterocycles. The first-order chi connectivity index (χ1) is 10.3. The van der Waals surface area contributed by atoms with Crippen LogP contribution in [-0.4, -0.2) is 25.3 Å². The first kappa shape index (κ1) is 13.2. The van der Waals surface area contributed by atoms with Crippen molar-refractivity contribution < 1.29 is 18.7 Å². The molecule has 1 aromatic heterocycles. The fourth-order valence-corrected chi connectivity index (χ4v) is 1.96. The van der Waals surface area contributed by atoms with Crippen LogP contribution in [0, 0.1) is 0 Å². The van der Waals surface area contributed by atoms with Crippen molar-refractivity contribution in [1.29, 1.82) is 0 Å². The lowest BCUT2D eigenvalue weighted by Gasteiger charge is -2.18. The highest BCUT2D eigenvalue weighted by atomic mass is 16.6. The van der Waals surface area contributed by atoms with E-state index in [1.165, 1.54) is 6.21 Å². The van der Waals surface area contributed by atoms with Crippen LogP contribution < -0.4 is 14.9 Å². The second-order valence-electron chi connectivity index (χ2n) is 4.46. The zero-order chi connectivity index (χ0) is 14.5. The normalized spacial score (nSPS) is 13.3. The molecule has 1 amide bonds. The van der Waals surface area contributed by atoms with Crippen LogP contribution in [0.4, 0.5) is 0 Å². The van der Waals surface area contributed by atoms with Crippen LogP contribution in [0.1, 0.15) is 11.3 Å². The van der Waals surface area contributed by atoms with Crippen LogP contribution in [0.5, 0.6) is 11.5 Å². The van der Waals surface area contributed by atoms with Crippen LogP contribution >= 0.6 is 0 Å². The lowest BCUT2D eigenvalue weighted by atomic mass is 10.1. The van der Waals surface area contributed by atoms with Gasteiger partial charge in [-0.15, -0.1) is 0 Å². The summed E-state index contributed by atoms with van der Waals surface area (Å²) in [4.78, 5) is 11.8. The smallest absolute Gasteiger partial charge is 0.244 e. The van der Waals surface area contributed by atoms with Gasteiger partial charge in [0.1, 0.15) is 19.0 Å². The van der Waals surface area contributed by atoms with Crippen molar-refractivity contribution in [3.05, 3.63) is 47.9 Å². The van der Waals surface area contributed by atoms with Crippen LogP contribution in [-0.2, 0) is 11.2 Å². The van der Waals surface area contributed by atoms with Gasteiger partial charge in [0.15, 0.2) is 11.5 Å². The third kappa shape index (κ3) is 3.42. The minimum absolute atomic E-state index is 0.213. The number of hydrogen-bond donors (Lipinski definition) is 1. The summed E-state index contributed by atoms with van der Waals surface area (Å²) in [7, 11) is 0. The number of benzene rings is 1. The molecule has 1 aliphatic rings. The Morgan fingerprint density at radius 2 is 2.10 bits per heavy atom. The molecular formula is C15H14N2O4.